The third-order valence-electron chi connectivity index (χ3n) is 2.70. The number of anilines is 1. The van der Waals surface area contributed by atoms with Crippen molar-refractivity contribution in [3.8, 4) is 0 Å². The predicted molar refractivity (Wildman–Crippen MR) is 76.6 cm³/mol. The maximum absolute atomic E-state index is 13.1. The van der Waals surface area contributed by atoms with Crippen molar-refractivity contribution in [2.45, 2.75) is 25.9 Å². The van der Waals surface area contributed by atoms with E-state index >= 15 is 0 Å². The molecule has 0 saturated heterocycles. The summed E-state index contributed by atoms with van der Waals surface area (Å²) < 4.78 is 18.2. The highest BCUT2D eigenvalue weighted by molar-refractivity contribution is 7.80. The molecule has 1 unspecified atom stereocenters. The number of ether oxygens (including phenoxy) is 1. The van der Waals surface area contributed by atoms with Crippen molar-refractivity contribution in [3.63, 3.8) is 0 Å². The Morgan fingerprint density at radius 3 is 2.84 bits per heavy atom. The Bertz CT molecular complexity index is 480. The van der Waals surface area contributed by atoms with E-state index in [1.807, 2.05) is 6.92 Å². The molecule has 6 heteroatoms. The van der Waals surface area contributed by atoms with Gasteiger partial charge in [-0.15, -0.1) is 0 Å². The van der Waals surface area contributed by atoms with Gasteiger partial charge in [-0.25, -0.2) is 4.39 Å². The van der Waals surface area contributed by atoms with Crippen molar-refractivity contribution in [1.82, 2.24) is 0 Å². The number of carbonyl (C=O) groups excluding carboxylic acids is 1. The van der Waals surface area contributed by atoms with Gasteiger partial charge in [0.15, 0.2) is 0 Å². The third kappa shape index (κ3) is 4.92. The van der Waals surface area contributed by atoms with Gasteiger partial charge in [-0.3, -0.25) is 4.79 Å². The summed E-state index contributed by atoms with van der Waals surface area (Å²) in [5.74, 6) is -0.637. The Morgan fingerprint density at radius 1 is 1.58 bits per heavy atom. The molecule has 0 aliphatic rings. The maximum Gasteiger partial charge on any atom is 0.224 e. The van der Waals surface area contributed by atoms with Crippen molar-refractivity contribution < 1.29 is 13.9 Å². The summed E-state index contributed by atoms with van der Waals surface area (Å²) >= 11 is 4.83. The quantitative estimate of drug-likeness (QED) is 0.786. The first-order chi connectivity index (χ1) is 8.93. The minimum absolute atomic E-state index is 0.00835. The maximum atomic E-state index is 13.1. The van der Waals surface area contributed by atoms with Gasteiger partial charge in [0.1, 0.15) is 10.8 Å². The Kier molecular flexibility index (Phi) is 5.85. The number of hydrogen-bond donors (Lipinski definition) is 2. The highest BCUT2D eigenvalue weighted by Gasteiger charge is 2.11. The lowest BCUT2D eigenvalue weighted by molar-refractivity contribution is -0.116. The Labute approximate surface area is 117 Å². The molecule has 0 bridgehead atoms. The lowest BCUT2D eigenvalue weighted by Crippen LogP contribution is -2.19. The summed E-state index contributed by atoms with van der Waals surface area (Å²) in [6.45, 7) is 1.88. The van der Waals surface area contributed by atoms with E-state index in [9.17, 15) is 9.18 Å². The van der Waals surface area contributed by atoms with E-state index in [4.69, 9.17) is 22.7 Å². The second-order valence-corrected chi connectivity index (χ2v) is 4.63. The van der Waals surface area contributed by atoms with Crippen molar-refractivity contribution >= 4 is 28.8 Å². The van der Waals surface area contributed by atoms with Gasteiger partial charge in [-0.05, 0) is 31.5 Å². The first-order valence-corrected chi connectivity index (χ1v) is 6.27. The van der Waals surface area contributed by atoms with Crippen LogP contribution in [0, 0.1) is 5.82 Å². The molecule has 0 spiro atoms. The van der Waals surface area contributed by atoms with E-state index in [0.717, 1.165) is 0 Å². The van der Waals surface area contributed by atoms with E-state index in [0.29, 0.717) is 24.1 Å². The molecule has 0 aliphatic carbocycles. The lowest BCUT2D eigenvalue weighted by atomic mass is 10.1. The molecule has 0 aromatic heterocycles. The minimum atomic E-state index is -0.450. The number of rotatable bonds is 6. The molecule has 0 heterocycles. The van der Waals surface area contributed by atoms with E-state index in [1.165, 1.54) is 18.2 Å². The van der Waals surface area contributed by atoms with Gasteiger partial charge in [-0.2, -0.15) is 0 Å². The van der Waals surface area contributed by atoms with Crippen molar-refractivity contribution in [2.24, 2.45) is 5.73 Å². The molecule has 0 saturated carbocycles. The van der Waals surface area contributed by atoms with E-state index in [2.05, 4.69) is 5.32 Å². The number of halogens is 1. The second kappa shape index (κ2) is 7.16. The number of thiocarbonyl (C=S) groups is 1. The number of benzene rings is 1. The molecule has 104 valence electrons. The fourth-order valence-corrected chi connectivity index (χ4v) is 1.66. The fourth-order valence-electron chi connectivity index (χ4n) is 1.49. The van der Waals surface area contributed by atoms with Crippen LogP contribution in [-0.4, -0.2) is 24.1 Å². The standard InChI is InChI=1S/C13H17FN2O2S/c1-8(18-2)3-6-12(17)16-11-5-4-9(14)7-10(11)13(15)19/h4-5,7-8H,3,6H2,1-2H3,(H2,15,19)(H,16,17). The highest BCUT2D eigenvalue weighted by atomic mass is 32.1. The molecule has 0 fully saturated rings. The van der Waals surface area contributed by atoms with Crippen LogP contribution in [0.15, 0.2) is 18.2 Å². The van der Waals surface area contributed by atoms with Gasteiger partial charge < -0.3 is 15.8 Å². The zero-order chi connectivity index (χ0) is 14.4. The van der Waals surface area contributed by atoms with Gasteiger partial charge in [-0.1, -0.05) is 12.2 Å². The Hall–Kier alpha value is -1.53. The van der Waals surface area contributed by atoms with Crippen molar-refractivity contribution in [2.75, 3.05) is 12.4 Å². The SMILES string of the molecule is COC(C)CCC(=O)Nc1ccc(F)cc1C(N)=S. The fraction of sp³-hybridized carbons (Fsp3) is 0.385. The summed E-state index contributed by atoms with van der Waals surface area (Å²) in [6, 6.07) is 3.90. The Morgan fingerprint density at radius 2 is 2.26 bits per heavy atom. The number of hydrogen-bond acceptors (Lipinski definition) is 3. The average molecular weight is 284 g/mol. The van der Waals surface area contributed by atoms with Crippen LogP contribution >= 0.6 is 12.2 Å². The predicted octanol–water partition coefficient (Wildman–Crippen LogP) is 2.21. The molecule has 19 heavy (non-hydrogen) atoms. The normalized spacial score (nSPS) is 11.9. The van der Waals surface area contributed by atoms with Crippen LogP contribution in [-0.2, 0) is 9.53 Å². The first kappa shape index (κ1) is 15.5. The smallest absolute Gasteiger partial charge is 0.224 e. The molecular weight excluding hydrogens is 267 g/mol. The first-order valence-electron chi connectivity index (χ1n) is 5.86. The van der Waals surface area contributed by atoms with Crippen LogP contribution in [0.3, 0.4) is 0 Å². The molecule has 3 N–H and O–H groups in total. The van der Waals surface area contributed by atoms with Crippen LogP contribution in [0.4, 0.5) is 10.1 Å². The van der Waals surface area contributed by atoms with E-state index in [1.54, 1.807) is 7.11 Å². The van der Waals surface area contributed by atoms with E-state index < -0.39 is 5.82 Å². The summed E-state index contributed by atoms with van der Waals surface area (Å²) in [5.41, 5.74) is 6.24. The molecule has 1 amide bonds. The molecular formula is C13H17FN2O2S. The van der Waals surface area contributed by atoms with E-state index in [-0.39, 0.29) is 17.0 Å². The van der Waals surface area contributed by atoms with Gasteiger partial charge in [0.2, 0.25) is 5.91 Å². The molecule has 1 atom stereocenters. The van der Waals surface area contributed by atoms with Crippen molar-refractivity contribution in [1.29, 1.82) is 0 Å². The number of nitrogens with two attached hydrogens (primary N) is 1. The molecule has 1 aromatic rings. The van der Waals surface area contributed by atoms with Gasteiger partial charge in [0.25, 0.3) is 0 Å². The molecule has 0 aliphatic heterocycles. The summed E-state index contributed by atoms with van der Waals surface area (Å²) in [6.07, 6.45) is 0.920. The second-order valence-electron chi connectivity index (χ2n) is 4.19. The summed E-state index contributed by atoms with van der Waals surface area (Å²) in [5, 5.41) is 2.67. The zero-order valence-corrected chi connectivity index (χ0v) is 11.7. The van der Waals surface area contributed by atoms with Gasteiger partial charge >= 0.3 is 0 Å². The third-order valence-corrected chi connectivity index (χ3v) is 2.92. The number of nitrogens with one attached hydrogen (secondary N) is 1. The largest absolute Gasteiger partial charge is 0.389 e. The molecule has 1 aromatic carbocycles. The Balaban J connectivity index is 2.71. The summed E-state index contributed by atoms with van der Waals surface area (Å²) in [7, 11) is 1.59. The molecule has 1 rings (SSSR count). The zero-order valence-electron chi connectivity index (χ0n) is 10.9. The molecule has 0 radical (unpaired) electrons. The monoisotopic (exact) mass is 284 g/mol. The highest BCUT2D eigenvalue weighted by Crippen LogP contribution is 2.17. The summed E-state index contributed by atoms with van der Waals surface area (Å²) in [4.78, 5) is 11.8. The average Bonchev–Trinajstić information content (AvgIpc) is 2.37. The molecule has 4 nitrogen and oxygen atoms in total. The van der Waals surface area contributed by atoms with Crippen LogP contribution in [0.2, 0.25) is 0 Å². The van der Waals surface area contributed by atoms with Crippen LogP contribution < -0.4 is 11.1 Å². The lowest BCUT2D eigenvalue weighted by Gasteiger charge is -2.12. The number of carbonyl (C=O) groups is 1. The van der Waals surface area contributed by atoms with Gasteiger partial charge in [0.05, 0.1) is 11.8 Å². The van der Waals surface area contributed by atoms with Crippen LogP contribution in [0.25, 0.3) is 0 Å². The van der Waals surface area contributed by atoms with Crippen LogP contribution in [0.5, 0.6) is 0 Å². The van der Waals surface area contributed by atoms with Crippen LogP contribution in [0.1, 0.15) is 25.3 Å². The van der Waals surface area contributed by atoms with Crippen molar-refractivity contribution in [3.05, 3.63) is 29.6 Å². The topological polar surface area (TPSA) is 64.3 Å². The van der Waals surface area contributed by atoms with Gasteiger partial charge in [0, 0.05) is 19.1 Å². The number of methoxy groups -OCH3 is 1. The number of amides is 1. The minimum Gasteiger partial charge on any atom is -0.389 e.